The Bertz CT molecular complexity index is 835. The van der Waals surface area contributed by atoms with Crippen LogP contribution in [0.1, 0.15) is 63.9 Å². The molecular formula is C22H29KO5S. The zero-order valence-corrected chi connectivity index (χ0v) is 21.3. The van der Waals surface area contributed by atoms with Crippen molar-refractivity contribution in [2.24, 2.45) is 0 Å². The van der Waals surface area contributed by atoms with E-state index < -0.39 is 10.1 Å². The number of rotatable bonds is 12. The third-order valence-corrected chi connectivity index (χ3v) is 5.53. The molecule has 1 N–H and O–H groups in total. The van der Waals surface area contributed by atoms with Crippen LogP contribution in [0.2, 0.25) is 0 Å². The van der Waals surface area contributed by atoms with Crippen molar-refractivity contribution in [1.29, 1.82) is 0 Å². The van der Waals surface area contributed by atoms with Gasteiger partial charge in [-0.1, -0.05) is 64.0 Å². The summed E-state index contributed by atoms with van der Waals surface area (Å²) in [5, 5.41) is 11.2. The van der Waals surface area contributed by atoms with Gasteiger partial charge in [-0.15, -0.1) is 5.75 Å². The van der Waals surface area contributed by atoms with Gasteiger partial charge in [-0.05, 0) is 48.7 Å². The molecule has 0 aliphatic carbocycles. The normalized spacial score (nSPS) is 11.1. The molecule has 7 heteroatoms. The summed E-state index contributed by atoms with van der Waals surface area (Å²) in [5.41, 5.74) is 0.729. The van der Waals surface area contributed by atoms with E-state index in [0.29, 0.717) is 17.9 Å². The Labute approximate surface area is 217 Å². The monoisotopic (exact) mass is 444 g/mol. The smallest absolute Gasteiger partial charge is 0.872 e. The van der Waals surface area contributed by atoms with Gasteiger partial charge in [0, 0.05) is 0 Å². The van der Waals surface area contributed by atoms with E-state index in [1.165, 1.54) is 56.4 Å². The molecule has 0 saturated carbocycles. The summed E-state index contributed by atoms with van der Waals surface area (Å²) in [5.74, 6) is 0.943. The third-order valence-electron chi connectivity index (χ3n) is 4.68. The molecule has 0 unspecified atom stereocenters. The number of hydrogen-bond acceptors (Lipinski definition) is 4. The van der Waals surface area contributed by atoms with Gasteiger partial charge in [0.2, 0.25) is 0 Å². The van der Waals surface area contributed by atoms with Crippen LogP contribution >= 0.6 is 0 Å². The molecule has 0 amide bonds. The second kappa shape index (κ2) is 13.8. The van der Waals surface area contributed by atoms with Gasteiger partial charge in [0.1, 0.15) is 11.5 Å². The molecule has 0 aliphatic rings. The molecule has 0 aromatic heterocycles. The molecule has 0 fully saturated rings. The first kappa shape index (κ1) is 26.6. The summed E-state index contributed by atoms with van der Waals surface area (Å²) in [4.78, 5) is -0.135. The predicted octanol–water partition coefficient (Wildman–Crippen LogP) is 2.49. The van der Waals surface area contributed by atoms with Gasteiger partial charge in [-0.25, -0.2) is 0 Å². The van der Waals surface area contributed by atoms with Crippen LogP contribution in [0.25, 0.3) is 0 Å². The molecule has 2 rings (SSSR count). The second-order valence-corrected chi connectivity index (χ2v) is 8.46. The quantitative estimate of drug-likeness (QED) is 0.309. The summed E-state index contributed by atoms with van der Waals surface area (Å²) >= 11 is 0. The average Bonchev–Trinajstić information content (AvgIpc) is 2.66. The fourth-order valence-corrected chi connectivity index (χ4v) is 3.63. The van der Waals surface area contributed by atoms with Crippen LogP contribution in [0, 0.1) is 0 Å². The predicted molar refractivity (Wildman–Crippen MR) is 109 cm³/mol. The maximum Gasteiger partial charge on any atom is 1.00 e. The van der Waals surface area contributed by atoms with E-state index in [2.05, 4.69) is 6.92 Å². The minimum atomic E-state index is -4.27. The van der Waals surface area contributed by atoms with E-state index >= 15 is 0 Å². The van der Waals surface area contributed by atoms with E-state index in [4.69, 9.17) is 4.74 Å². The van der Waals surface area contributed by atoms with Gasteiger partial charge < -0.3 is 9.84 Å². The topological polar surface area (TPSA) is 86.7 Å². The zero-order chi connectivity index (χ0) is 20.4. The number of unbranched alkanes of at least 4 members (excludes halogenated alkanes) is 7. The number of hydrogen-bond donors (Lipinski definition) is 1. The molecule has 0 aliphatic heterocycles. The van der Waals surface area contributed by atoms with Crippen LogP contribution < -0.4 is 61.2 Å². The maximum atomic E-state index is 11.5. The molecule has 0 atom stereocenters. The van der Waals surface area contributed by atoms with Gasteiger partial charge in [0.05, 0.1) is 4.90 Å². The Morgan fingerprint density at radius 2 is 1.48 bits per heavy atom. The molecule has 2 aromatic rings. The molecule has 2 aromatic carbocycles. The summed E-state index contributed by atoms with van der Waals surface area (Å²) < 4.78 is 38.1. The van der Waals surface area contributed by atoms with Crippen molar-refractivity contribution in [2.45, 2.75) is 69.6 Å². The average molecular weight is 445 g/mol. The summed E-state index contributed by atoms with van der Waals surface area (Å²) in [6.07, 6.45) is 10.1. The van der Waals surface area contributed by atoms with Crippen LogP contribution in [0.15, 0.2) is 47.4 Å². The minimum Gasteiger partial charge on any atom is -0.872 e. The van der Waals surface area contributed by atoms with Crippen molar-refractivity contribution in [3.05, 3.63) is 48.0 Å². The summed E-state index contributed by atoms with van der Waals surface area (Å²) in [6, 6.07) is 10.3. The summed E-state index contributed by atoms with van der Waals surface area (Å²) in [7, 11) is -4.27. The molecular weight excluding hydrogens is 415 g/mol. The van der Waals surface area contributed by atoms with Crippen LogP contribution in [0.5, 0.6) is 17.2 Å². The van der Waals surface area contributed by atoms with Gasteiger partial charge in [0.15, 0.2) is 0 Å². The SMILES string of the molecule is CCCCCCCCCCc1cc(S(=O)(=O)O)ccc1Oc1ccc([O-])cc1.[K+]. The Kier molecular flexibility index (Phi) is 12.7. The van der Waals surface area contributed by atoms with Crippen LogP contribution in [0.3, 0.4) is 0 Å². The Hall–Kier alpha value is -0.414. The second-order valence-electron chi connectivity index (χ2n) is 7.04. The molecule has 5 nitrogen and oxygen atoms in total. The van der Waals surface area contributed by atoms with Crippen molar-refractivity contribution in [2.75, 3.05) is 0 Å². The Balaban J connectivity index is 0.00000420. The van der Waals surface area contributed by atoms with E-state index in [1.54, 1.807) is 18.2 Å². The van der Waals surface area contributed by atoms with Crippen molar-refractivity contribution >= 4 is 10.1 Å². The van der Waals surface area contributed by atoms with E-state index in [1.807, 2.05) is 0 Å². The maximum absolute atomic E-state index is 11.5. The zero-order valence-electron chi connectivity index (χ0n) is 17.4. The first-order valence-electron chi connectivity index (χ1n) is 9.95. The van der Waals surface area contributed by atoms with Gasteiger partial charge in [-0.2, -0.15) is 8.42 Å². The van der Waals surface area contributed by atoms with Crippen molar-refractivity contribution in [1.82, 2.24) is 0 Å². The minimum absolute atomic E-state index is 0. The van der Waals surface area contributed by atoms with Gasteiger partial charge in [-0.3, -0.25) is 4.55 Å². The Morgan fingerprint density at radius 1 is 0.897 bits per heavy atom. The standard InChI is InChI=1S/C22H30O5S.K/c1-2-3-4-5-6-7-8-9-10-18-17-21(28(24,25)26)15-16-22(18)27-20-13-11-19(23)12-14-20;/h11-17,23H,2-10H2,1H3,(H,24,25,26);/q;+1/p-1. The van der Waals surface area contributed by atoms with Crippen molar-refractivity contribution < 1.29 is 74.2 Å². The van der Waals surface area contributed by atoms with E-state index in [0.717, 1.165) is 24.8 Å². The van der Waals surface area contributed by atoms with Crippen molar-refractivity contribution in [3.63, 3.8) is 0 Å². The van der Waals surface area contributed by atoms with Crippen LogP contribution in [-0.2, 0) is 16.5 Å². The molecule has 0 heterocycles. The van der Waals surface area contributed by atoms with Crippen molar-refractivity contribution in [3.8, 4) is 17.2 Å². The Morgan fingerprint density at radius 3 is 2.07 bits per heavy atom. The first-order chi connectivity index (χ1) is 13.4. The van der Waals surface area contributed by atoms with E-state index in [-0.39, 0.29) is 62.0 Å². The fourth-order valence-electron chi connectivity index (χ4n) is 3.10. The van der Waals surface area contributed by atoms with E-state index in [9.17, 15) is 18.1 Å². The van der Waals surface area contributed by atoms with Gasteiger partial charge in [0.25, 0.3) is 10.1 Å². The fraction of sp³-hybridized carbons (Fsp3) is 0.455. The molecule has 154 valence electrons. The summed E-state index contributed by atoms with van der Waals surface area (Å²) in [6.45, 7) is 2.20. The first-order valence-corrected chi connectivity index (χ1v) is 11.4. The van der Waals surface area contributed by atoms with Crippen LogP contribution in [0.4, 0.5) is 0 Å². The molecule has 0 bridgehead atoms. The molecule has 0 radical (unpaired) electrons. The molecule has 0 saturated heterocycles. The number of aryl methyl sites for hydroxylation is 1. The molecule has 0 spiro atoms. The number of benzene rings is 2. The third kappa shape index (κ3) is 9.96. The largest absolute Gasteiger partial charge is 1.00 e. The number of ether oxygens (including phenoxy) is 1. The van der Waals surface area contributed by atoms with Gasteiger partial charge >= 0.3 is 51.4 Å². The van der Waals surface area contributed by atoms with Crippen LogP contribution in [-0.4, -0.2) is 13.0 Å². The molecule has 29 heavy (non-hydrogen) atoms.